The third kappa shape index (κ3) is 1.92. The fourth-order valence-corrected chi connectivity index (χ4v) is 2.47. The van der Waals surface area contributed by atoms with Crippen LogP contribution in [0.4, 0.5) is 0 Å². The van der Waals surface area contributed by atoms with E-state index in [1.807, 2.05) is 6.07 Å². The zero-order valence-corrected chi connectivity index (χ0v) is 11.4. The second-order valence-corrected chi connectivity index (χ2v) is 5.17. The number of carboxylic acid groups (broad SMARTS) is 1. The number of nitrogens with one attached hydrogen (secondary N) is 1. The highest BCUT2D eigenvalue weighted by Crippen LogP contribution is 2.41. The summed E-state index contributed by atoms with van der Waals surface area (Å²) < 4.78 is 1.29. The number of carbonyl (C=O) groups is 2. The van der Waals surface area contributed by atoms with Crippen LogP contribution >= 0.6 is 11.6 Å². The smallest absolute Gasteiger partial charge is 0.358 e. The Kier molecular flexibility index (Phi) is 2.90. The summed E-state index contributed by atoms with van der Waals surface area (Å²) in [6.45, 7) is 0. The van der Waals surface area contributed by atoms with Crippen LogP contribution in [0.25, 0.3) is 5.52 Å². The van der Waals surface area contributed by atoms with Gasteiger partial charge in [-0.1, -0.05) is 11.6 Å². The maximum Gasteiger partial charge on any atom is 0.358 e. The van der Waals surface area contributed by atoms with E-state index < -0.39 is 5.97 Å². The molecule has 0 atom stereocenters. The number of hydrogen-bond donors (Lipinski definition) is 2. The molecule has 2 aromatic heterocycles. The molecule has 1 amide bonds. The average molecular weight is 294 g/mol. The van der Waals surface area contributed by atoms with Crippen LogP contribution in [0.15, 0.2) is 12.1 Å². The number of nitrogens with zero attached hydrogens (tertiary/aromatic N) is 2. The number of aromatic carboxylic acids is 1. The molecular weight excluding hydrogens is 282 g/mol. The number of halogens is 1. The Bertz CT molecular complexity index is 734. The summed E-state index contributed by atoms with van der Waals surface area (Å²) in [5, 5.41) is 15.6. The van der Waals surface area contributed by atoms with Crippen LogP contribution in [0.1, 0.15) is 45.3 Å². The highest BCUT2D eigenvalue weighted by Gasteiger charge is 2.28. The second kappa shape index (κ2) is 4.49. The van der Waals surface area contributed by atoms with Gasteiger partial charge < -0.3 is 10.4 Å². The zero-order chi connectivity index (χ0) is 14.4. The predicted molar refractivity (Wildman–Crippen MR) is 72.5 cm³/mol. The van der Waals surface area contributed by atoms with E-state index in [1.54, 1.807) is 6.07 Å². The number of hydrogen-bond acceptors (Lipinski definition) is 3. The van der Waals surface area contributed by atoms with Crippen LogP contribution in [0.2, 0.25) is 5.02 Å². The summed E-state index contributed by atoms with van der Waals surface area (Å²) in [4.78, 5) is 23.1. The predicted octanol–water partition coefficient (Wildman–Crippen LogP) is 1.92. The van der Waals surface area contributed by atoms with Gasteiger partial charge in [0.15, 0.2) is 5.69 Å². The Hall–Kier alpha value is -2.08. The van der Waals surface area contributed by atoms with E-state index in [-0.39, 0.29) is 16.6 Å². The van der Waals surface area contributed by atoms with Crippen molar-refractivity contribution < 1.29 is 14.7 Å². The molecule has 1 aliphatic rings. The highest BCUT2D eigenvalue weighted by atomic mass is 35.5. The Labute approximate surface area is 119 Å². The third-order valence-electron chi connectivity index (χ3n) is 3.41. The lowest BCUT2D eigenvalue weighted by atomic mass is 10.1. The Balaban J connectivity index is 2.31. The van der Waals surface area contributed by atoms with Crippen molar-refractivity contribution in [3.8, 4) is 0 Å². The molecule has 2 N–H and O–H groups in total. The number of amides is 1. The van der Waals surface area contributed by atoms with E-state index in [9.17, 15) is 9.59 Å². The molecule has 0 bridgehead atoms. The lowest BCUT2D eigenvalue weighted by Crippen LogP contribution is -2.21. The van der Waals surface area contributed by atoms with Crippen LogP contribution in [0, 0.1) is 0 Å². The molecule has 1 saturated carbocycles. The molecular formula is C13H12ClN3O3. The van der Waals surface area contributed by atoms with Gasteiger partial charge in [0.05, 0.1) is 5.52 Å². The Morgan fingerprint density at radius 2 is 2.15 bits per heavy atom. The lowest BCUT2D eigenvalue weighted by molar-refractivity contribution is 0.0689. The fourth-order valence-electron chi connectivity index (χ4n) is 2.22. The molecule has 0 spiro atoms. The van der Waals surface area contributed by atoms with Gasteiger partial charge in [0, 0.05) is 7.05 Å². The maximum atomic E-state index is 12.0. The standard InChI is InChI=1S/C13H12ClN3O3/c1-15-12(18)9-5-7(6-2-3-6)4-8-10(14)11(13(19)20)16-17(8)9/h4-6H,2-3H2,1H3,(H,15,18)(H,19,20). The summed E-state index contributed by atoms with van der Waals surface area (Å²) >= 11 is 6.07. The van der Waals surface area contributed by atoms with Crippen molar-refractivity contribution in [3.63, 3.8) is 0 Å². The fraction of sp³-hybridized carbons (Fsp3) is 0.308. The molecule has 1 aliphatic carbocycles. The first-order valence-corrected chi connectivity index (χ1v) is 6.58. The van der Waals surface area contributed by atoms with Crippen LogP contribution < -0.4 is 5.32 Å². The molecule has 3 rings (SSSR count). The SMILES string of the molecule is CNC(=O)c1cc(C2CC2)cc2c(Cl)c(C(=O)O)nn12. The molecule has 7 heteroatoms. The van der Waals surface area contributed by atoms with E-state index in [0.29, 0.717) is 17.1 Å². The first-order valence-electron chi connectivity index (χ1n) is 6.20. The minimum Gasteiger partial charge on any atom is -0.476 e. The third-order valence-corrected chi connectivity index (χ3v) is 3.78. The second-order valence-electron chi connectivity index (χ2n) is 4.79. The zero-order valence-electron chi connectivity index (χ0n) is 10.7. The van der Waals surface area contributed by atoms with Crippen molar-refractivity contribution >= 4 is 29.0 Å². The van der Waals surface area contributed by atoms with Gasteiger partial charge in [-0.05, 0) is 36.5 Å². The minimum atomic E-state index is -1.21. The summed E-state index contributed by atoms with van der Waals surface area (Å²) in [6.07, 6.45) is 2.14. The van der Waals surface area contributed by atoms with E-state index >= 15 is 0 Å². The molecule has 0 saturated heterocycles. The van der Waals surface area contributed by atoms with Gasteiger partial charge in [0.2, 0.25) is 0 Å². The van der Waals surface area contributed by atoms with Gasteiger partial charge in [-0.25, -0.2) is 9.31 Å². The monoisotopic (exact) mass is 293 g/mol. The summed E-state index contributed by atoms with van der Waals surface area (Å²) in [6, 6.07) is 3.56. The van der Waals surface area contributed by atoms with Gasteiger partial charge in [-0.3, -0.25) is 4.79 Å². The van der Waals surface area contributed by atoms with Crippen LogP contribution in [-0.2, 0) is 0 Å². The number of pyridine rings is 1. The Morgan fingerprint density at radius 1 is 1.45 bits per heavy atom. The molecule has 0 aliphatic heterocycles. The molecule has 2 heterocycles. The van der Waals surface area contributed by atoms with Crippen molar-refractivity contribution in [2.24, 2.45) is 0 Å². The summed E-state index contributed by atoms with van der Waals surface area (Å²) in [5.74, 6) is -1.12. The topological polar surface area (TPSA) is 83.7 Å². The number of carboxylic acids is 1. The van der Waals surface area contributed by atoms with Crippen molar-refractivity contribution in [3.05, 3.63) is 34.1 Å². The number of carbonyl (C=O) groups excluding carboxylic acids is 1. The van der Waals surface area contributed by atoms with E-state index in [2.05, 4.69) is 10.4 Å². The van der Waals surface area contributed by atoms with Gasteiger partial charge in [-0.15, -0.1) is 0 Å². The van der Waals surface area contributed by atoms with Gasteiger partial charge in [0.1, 0.15) is 10.7 Å². The molecule has 2 aromatic rings. The van der Waals surface area contributed by atoms with Crippen molar-refractivity contribution in [2.75, 3.05) is 7.05 Å². The number of rotatable bonds is 3. The highest BCUT2D eigenvalue weighted by molar-refractivity contribution is 6.36. The van der Waals surface area contributed by atoms with Gasteiger partial charge in [-0.2, -0.15) is 5.10 Å². The molecule has 0 aromatic carbocycles. The molecule has 0 unspecified atom stereocenters. The largest absolute Gasteiger partial charge is 0.476 e. The molecule has 20 heavy (non-hydrogen) atoms. The molecule has 104 valence electrons. The quantitative estimate of drug-likeness (QED) is 0.905. The van der Waals surface area contributed by atoms with E-state index in [0.717, 1.165) is 18.4 Å². The number of aromatic nitrogens is 2. The van der Waals surface area contributed by atoms with Crippen molar-refractivity contribution in [2.45, 2.75) is 18.8 Å². The Morgan fingerprint density at radius 3 is 2.70 bits per heavy atom. The first-order chi connectivity index (χ1) is 9.52. The maximum absolute atomic E-state index is 12.0. The van der Waals surface area contributed by atoms with E-state index in [1.165, 1.54) is 11.6 Å². The molecule has 1 fully saturated rings. The normalized spacial score (nSPS) is 14.5. The van der Waals surface area contributed by atoms with E-state index in [4.69, 9.17) is 16.7 Å². The van der Waals surface area contributed by atoms with Crippen molar-refractivity contribution in [1.29, 1.82) is 0 Å². The van der Waals surface area contributed by atoms with Gasteiger partial charge >= 0.3 is 5.97 Å². The lowest BCUT2D eigenvalue weighted by Gasteiger charge is -2.07. The van der Waals surface area contributed by atoms with Crippen LogP contribution in [0.3, 0.4) is 0 Å². The first kappa shape index (κ1) is 12.9. The number of fused-ring (bicyclic) bond motifs is 1. The summed E-state index contributed by atoms with van der Waals surface area (Å²) in [7, 11) is 1.52. The molecule has 6 nitrogen and oxygen atoms in total. The van der Waals surface area contributed by atoms with Crippen LogP contribution in [0.5, 0.6) is 0 Å². The summed E-state index contributed by atoms with van der Waals surface area (Å²) in [5.41, 5.74) is 1.49. The minimum absolute atomic E-state index is 0.0603. The average Bonchev–Trinajstić information content (AvgIpc) is 3.22. The molecule has 0 radical (unpaired) electrons. The van der Waals surface area contributed by atoms with Crippen molar-refractivity contribution in [1.82, 2.24) is 14.9 Å². The van der Waals surface area contributed by atoms with Crippen LogP contribution in [-0.4, -0.2) is 33.6 Å². The van der Waals surface area contributed by atoms with Gasteiger partial charge in [0.25, 0.3) is 5.91 Å².